The molecule has 206 valence electrons. The predicted octanol–water partition coefficient (Wildman–Crippen LogP) is 3.88. The number of fused-ring (bicyclic) bond motifs is 1. The topological polar surface area (TPSA) is 137 Å². The highest BCUT2D eigenvalue weighted by Gasteiger charge is 2.40. The number of nitrogens with one attached hydrogen (secondary N) is 3. The number of sulfone groups is 1. The van der Waals surface area contributed by atoms with E-state index in [-0.39, 0.29) is 12.5 Å². The summed E-state index contributed by atoms with van der Waals surface area (Å²) >= 11 is 1.40. The van der Waals surface area contributed by atoms with Crippen molar-refractivity contribution < 1.29 is 13.2 Å². The Bertz CT molecular complexity index is 1590. The Hall–Kier alpha value is -3.42. The normalized spacial score (nSPS) is 16.6. The van der Waals surface area contributed by atoms with E-state index in [0.717, 1.165) is 16.1 Å². The van der Waals surface area contributed by atoms with Crippen LogP contribution >= 0.6 is 11.8 Å². The van der Waals surface area contributed by atoms with Crippen molar-refractivity contribution in [3.05, 3.63) is 54.4 Å². The number of nitrogens with zero attached hydrogens (tertiary/aromatic N) is 5. The van der Waals surface area contributed by atoms with E-state index in [1.165, 1.54) is 11.8 Å². The molecule has 0 aliphatic carbocycles. The zero-order valence-corrected chi connectivity index (χ0v) is 23.9. The van der Waals surface area contributed by atoms with Gasteiger partial charge in [0.15, 0.2) is 21.5 Å². The highest BCUT2D eigenvalue weighted by Crippen LogP contribution is 2.29. The van der Waals surface area contributed by atoms with Crippen LogP contribution < -0.4 is 10.6 Å². The number of aromatic amines is 1. The van der Waals surface area contributed by atoms with Gasteiger partial charge in [0.2, 0.25) is 11.1 Å². The first-order valence-electron chi connectivity index (χ1n) is 12.7. The van der Waals surface area contributed by atoms with Crippen molar-refractivity contribution in [1.82, 2.24) is 29.7 Å². The fourth-order valence-electron chi connectivity index (χ4n) is 4.46. The molecular formula is C26H32N8O3S2. The molecule has 1 aliphatic heterocycles. The Labute approximate surface area is 231 Å². The van der Waals surface area contributed by atoms with Crippen LogP contribution in [-0.4, -0.2) is 73.7 Å². The van der Waals surface area contributed by atoms with E-state index in [4.69, 9.17) is 0 Å². The van der Waals surface area contributed by atoms with E-state index in [9.17, 15) is 13.2 Å². The van der Waals surface area contributed by atoms with Crippen LogP contribution in [0.3, 0.4) is 0 Å². The molecule has 0 radical (unpaired) electrons. The van der Waals surface area contributed by atoms with Gasteiger partial charge in [-0.3, -0.25) is 14.8 Å². The fourth-order valence-corrected chi connectivity index (χ4v) is 7.03. The van der Waals surface area contributed by atoms with Crippen molar-refractivity contribution >= 4 is 50.3 Å². The summed E-state index contributed by atoms with van der Waals surface area (Å²) in [5.41, 5.74) is 2.44. The molecule has 0 spiro atoms. The Kier molecular flexibility index (Phi) is 7.40. The second-order valence-corrected chi connectivity index (χ2v) is 14.6. The van der Waals surface area contributed by atoms with E-state index < -0.39 is 19.8 Å². The lowest BCUT2D eigenvalue weighted by Gasteiger charge is -2.24. The summed E-state index contributed by atoms with van der Waals surface area (Å²) in [5.74, 6) is 1.15. The number of carbonyl (C=O) groups excluding carboxylic acids is 1. The number of H-pyrrole nitrogens is 1. The molecule has 3 N–H and O–H groups in total. The zero-order chi connectivity index (χ0) is 27.8. The summed E-state index contributed by atoms with van der Waals surface area (Å²) < 4.78 is 26.5. The summed E-state index contributed by atoms with van der Waals surface area (Å²) in [6, 6.07) is 13.2. The van der Waals surface area contributed by atoms with Gasteiger partial charge in [0.1, 0.15) is 5.52 Å². The summed E-state index contributed by atoms with van der Waals surface area (Å²) in [6.07, 6.45) is 2.41. The van der Waals surface area contributed by atoms with Gasteiger partial charge >= 0.3 is 0 Å². The van der Waals surface area contributed by atoms with Gasteiger partial charge in [-0.15, -0.1) is 5.10 Å². The third-order valence-electron chi connectivity index (χ3n) is 6.56. The van der Waals surface area contributed by atoms with Crippen molar-refractivity contribution in [3.8, 4) is 0 Å². The standard InChI is InChI=1S/C26H32N8O3S2/c1-17-14-22(31-30-17)28-24-21-6-5-12-34(21)32-25(29-24)38-19-9-7-18(8-10-19)27-23(35)16-33-13-11-20(15-33)39(36,37)26(2,3)4/h5-10,12,14,20H,11,13,15-16H2,1-4H3,(H,27,35)(H2,28,29,30,31,32)/t20-/m1/s1. The number of benzene rings is 1. The van der Waals surface area contributed by atoms with Crippen molar-refractivity contribution in [3.63, 3.8) is 0 Å². The number of amides is 1. The van der Waals surface area contributed by atoms with E-state index in [2.05, 4.69) is 30.9 Å². The SMILES string of the molecule is Cc1cc(Nc2nc(Sc3ccc(NC(=O)CN4CC[C@@H](S(=O)(=O)C(C)(C)C)C4)cc3)nn3cccc23)n[nH]1. The predicted molar refractivity (Wildman–Crippen MR) is 152 cm³/mol. The molecule has 39 heavy (non-hydrogen) atoms. The molecule has 1 amide bonds. The molecule has 4 aromatic rings. The van der Waals surface area contributed by atoms with E-state index in [1.807, 2.05) is 60.5 Å². The molecular weight excluding hydrogens is 536 g/mol. The fraction of sp³-hybridized carbons (Fsp3) is 0.385. The summed E-state index contributed by atoms with van der Waals surface area (Å²) in [5, 5.41) is 18.0. The second-order valence-electron chi connectivity index (χ2n) is 10.6. The first-order valence-corrected chi connectivity index (χ1v) is 15.0. The minimum Gasteiger partial charge on any atom is -0.325 e. The molecule has 3 aromatic heterocycles. The Morgan fingerprint density at radius 3 is 2.67 bits per heavy atom. The van der Waals surface area contributed by atoms with Gasteiger partial charge < -0.3 is 10.6 Å². The average Bonchev–Trinajstić information content (AvgIpc) is 3.61. The van der Waals surface area contributed by atoms with Gasteiger partial charge in [0.05, 0.1) is 16.5 Å². The Morgan fingerprint density at radius 2 is 1.97 bits per heavy atom. The molecule has 11 nitrogen and oxygen atoms in total. The quantitative estimate of drug-likeness (QED) is 0.289. The third-order valence-corrected chi connectivity index (χ3v) is 10.4. The number of rotatable bonds is 8. The monoisotopic (exact) mass is 568 g/mol. The summed E-state index contributed by atoms with van der Waals surface area (Å²) in [7, 11) is -3.26. The molecule has 0 unspecified atom stereocenters. The second kappa shape index (κ2) is 10.6. The maximum atomic E-state index is 12.7. The van der Waals surface area contributed by atoms with Crippen LogP contribution in [0.1, 0.15) is 32.9 Å². The minimum absolute atomic E-state index is 0.155. The van der Waals surface area contributed by atoms with Gasteiger partial charge in [-0.25, -0.2) is 17.9 Å². The van der Waals surface area contributed by atoms with Gasteiger partial charge in [0.25, 0.3) is 0 Å². The molecule has 1 fully saturated rings. The van der Waals surface area contributed by atoms with Crippen LogP contribution in [-0.2, 0) is 14.6 Å². The van der Waals surface area contributed by atoms with Crippen LogP contribution in [0.4, 0.5) is 17.3 Å². The van der Waals surface area contributed by atoms with Crippen molar-refractivity contribution in [2.75, 3.05) is 30.3 Å². The van der Waals surface area contributed by atoms with Crippen molar-refractivity contribution in [2.24, 2.45) is 0 Å². The maximum Gasteiger partial charge on any atom is 0.238 e. The molecule has 4 heterocycles. The lowest BCUT2D eigenvalue weighted by molar-refractivity contribution is -0.117. The molecule has 1 aromatic carbocycles. The van der Waals surface area contributed by atoms with Gasteiger partial charge in [-0.2, -0.15) is 5.10 Å². The maximum absolute atomic E-state index is 12.7. The number of anilines is 3. The van der Waals surface area contributed by atoms with E-state index >= 15 is 0 Å². The Morgan fingerprint density at radius 1 is 1.21 bits per heavy atom. The van der Waals surface area contributed by atoms with Crippen LogP contribution in [0.15, 0.2) is 58.7 Å². The van der Waals surface area contributed by atoms with Gasteiger partial charge in [-0.1, -0.05) is 0 Å². The molecule has 1 saturated heterocycles. The Balaban J connectivity index is 1.19. The first-order chi connectivity index (χ1) is 18.5. The lowest BCUT2D eigenvalue weighted by atomic mass is 10.3. The summed E-state index contributed by atoms with van der Waals surface area (Å²) in [4.78, 5) is 20.1. The van der Waals surface area contributed by atoms with E-state index in [0.29, 0.717) is 42.0 Å². The highest BCUT2D eigenvalue weighted by molar-refractivity contribution is 7.99. The van der Waals surface area contributed by atoms with Crippen LogP contribution in [0.25, 0.3) is 5.52 Å². The molecule has 1 atom stereocenters. The largest absolute Gasteiger partial charge is 0.325 e. The highest BCUT2D eigenvalue weighted by atomic mass is 32.2. The van der Waals surface area contributed by atoms with Crippen molar-refractivity contribution in [1.29, 1.82) is 0 Å². The molecule has 0 saturated carbocycles. The average molecular weight is 569 g/mol. The first kappa shape index (κ1) is 27.2. The number of hydrogen-bond donors (Lipinski definition) is 3. The summed E-state index contributed by atoms with van der Waals surface area (Å²) in [6.45, 7) is 8.23. The van der Waals surface area contributed by atoms with Crippen LogP contribution in [0.5, 0.6) is 0 Å². The number of likely N-dealkylation sites (tertiary alicyclic amines) is 1. The number of carbonyl (C=O) groups is 1. The van der Waals surface area contributed by atoms with Crippen LogP contribution in [0, 0.1) is 6.92 Å². The number of aryl methyl sites for hydroxylation is 1. The lowest BCUT2D eigenvalue weighted by Crippen LogP contribution is -2.40. The smallest absolute Gasteiger partial charge is 0.238 e. The van der Waals surface area contributed by atoms with E-state index in [1.54, 1.807) is 25.3 Å². The number of hydrogen-bond acceptors (Lipinski definition) is 9. The number of aromatic nitrogens is 5. The van der Waals surface area contributed by atoms with Gasteiger partial charge in [-0.05, 0) is 82.3 Å². The molecule has 13 heteroatoms. The zero-order valence-electron chi connectivity index (χ0n) is 22.3. The van der Waals surface area contributed by atoms with Gasteiger partial charge in [0, 0.05) is 41.6 Å². The molecule has 5 rings (SSSR count). The minimum atomic E-state index is -3.26. The molecule has 1 aliphatic rings. The molecule has 0 bridgehead atoms. The van der Waals surface area contributed by atoms with Crippen molar-refractivity contribution in [2.45, 2.75) is 54.2 Å². The van der Waals surface area contributed by atoms with Crippen LogP contribution in [0.2, 0.25) is 0 Å². The third kappa shape index (κ3) is 6.10.